The first-order valence-corrected chi connectivity index (χ1v) is 2.96. The van der Waals surface area contributed by atoms with Gasteiger partial charge in [0.25, 0.3) is 0 Å². The Bertz CT molecular complexity index is 26.3. The fourth-order valence-corrected chi connectivity index (χ4v) is 0. The standard InChI is InChI=1S/Mo.3O/q;;2*-1. The predicted molar refractivity (Wildman–Crippen MR) is 0.686 cm³/mol. The van der Waals surface area contributed by atoms with Gasteiger partial charge in [-0.15, -0.1) is 0 Å². The molecule has 0 saturated heterocycles. The molecule has 0 aliphatic heterocycles. The molecule has 0 saturated carbocycles. The third-order valence-corrected chi connectivity index (χ3v) is 0. The van der Waals surface area contributed by atoms with Crippen LogP contribution in [0.3, 0.4) is 0 Å². The molecular formula is MoO3-2. The molecule has 0 N–H and O–H groups in total. The van der Waals surface area contributed by atoms with Crippen molar-refractivity contribution in [3.8, 4) is 0 Å². The van der Waals surface area contributed by atoms with Crippen molar-refractivity contribution in [2.45, 2.75) is 0 Å². The van der Waals surface area contributed by atoms with Crippen LogP contribution >= 0.6 is 0 Å². The van der Waals surface area contributed by atoms with E-state index >= 15 is 0 Å². The molecule has 0 radical (unpaired) electrons. The van der Waals surface area contributed by atoms with Gasteiger partial charge in [-0.2, -0.15) is 0 Å². The van der Waals surface area contributed by atoms with Gasteiger partial charge >= 0.3 is 29.0 Å². The molecule has 0 aliphatic carbocycles. The van der Waals surface area contributed by atoms with E-state index in [1.807, 2.05) is 0 Å². The van der Waals surface area contributed by atoms with E-state index in [-0.39, 0.29) is 0 Å². The van der Waals surface area contributed by atoms with Crippen molar-refractivity contribution in [3.63, 3.8) is 0 Å². The summed E-state index contributed by atoms with van der Waals surface area (Å²) < 4.78 is 25.8. The monoisotopic (exact) mass is 146 g/mol. The normalized spacial score (nSPS) is 8.75. The van der Waals surface area contributed by atoms with Crippen molar-refractivity contribution < 1.29 is 29.0 Å². The zero-order valence-electron chi connectivity index (χ0n) is 1.63. The molecule has 0 fully saturated rings. The fourth-order valence-electron chi connectivity index (χ4n) is 0. The van der Waals surface area contributed by atoms with E-state index in [0.29, 0.717) is 0 Å². The summed E-state index contributed by atoms with van der Waals surface area (Å²) in [5.41, 5.74) is 0. The van der Waals surface area contributed by atoms with Crippen molar-refractivity contribution in [1.29, 1.82) is 0 Å². The molecule has 0 atom stereocenters. The van der Waals surface area contributed by atoms with Gasteiger partial charge < -0.3 is 0 Å². The molecule has 0 bridgehead atoms. The SMILES string of the molecule is [O]=[Mo]([O-])[O-]. The second-order valence-corrected chi connectivity index (χ2v) is 1.21. The molecule has 0 aromatic rings. The van der Waals surface area contributed by atoms with E-state index in [0.717, 1.165) is 0 Å². The first-order chi connectivity index (χ1) is 1.73. The third kappa shape index (κ3) is 28.7. The van der Waals surface area contributed by atoms with Crippen LogP contribution in [0.15, 0.2) is 0 Å². The Kier molecular flexibility index (Phi) is 1.88. The average Bonchev–Trinajstić information content (AvgIpc) is 0.811. The molecule has 3 nitrogen and oxygen atoms in total. The maximum absolute atomic E-state index is 8.59. The van der Waals surface area contributed by atoms with E-state index in [9.17, 15) is 0 Å². The Morgan fingerprint density at radius 1 is 1.50 bits per heavy atom. The van der Waals surface area contributed by atoms with Gasteiger partial charge in [-0.1, -0.05) is 0 Å². The van der Waals surface area contributed by atoms with Crippen LogP contribution < -0.4 is 7.52 Å². The molecule has 0 unspecified atom stereocenters. The van der Waals surface area contributed by atoms with Crippen LogP contribution in [0.2, 0.25) is 0 Å². The molecular weight excluding hydrogens is 144 g/mol. The van der Waals surface area contributed by atoms with Crippen LogP contribution in [0.5, 0.6) is 0 Å². The summed E-state index contributed by atoms with van der Waals surface area (Å²) >= 11 is -4.11. The van der Waals surface area contributed by atoms with Gasteiger partial charge in [0.2, 0.25) is 0 Å². The second-order valence-electron chi connectivity index (χ2n) is 0.204. The van der Waals surface area contributed by atoms with Gasteiger partial charge in [-0.3, -0.25) is 0 Å². The molecule has 26 valence electrons. The van der Waals surface area contributed by atoms with E-state index < -0.39 is 18.0 Å². The summed E-state index contributed by atoms with van der Waals surface area (Å²) in [6, 6.07) is 0. The molecule has 0 spiro atoms. The predicted octanol–water partition coefficient (Wildman–Crippen LogP) is -2.50. The summed E-state index contributed by atoms with van der Waals surface area (Å²) in [6.07, 6.45) is 0. The Balaban J connectivity index is 2.80. The van der Waals surface area contributed by atoms with Gasteiger partial charge in [0.15, 0.2) is 0 Å². The molecule has 0 heterocycles. The quantitative estimate of drug-likeness (QED) is 0.353. The van der Waals surface area contributed by atoms with Gasteiger partial charge in [-0.25, -0.2) is 0 Å². The van der Waals surface area contributed by atoms with Crippen LogP contribution in [0.4, 0.5) is 0 Å². The second kappa shape index (κ2) is 1.70. The van der Waals surface area contributed by atoms with Crippen LogP contribution in [-0.4, -0.2) is 0 Å². The first-order valence-electron chi connectivity index (χ1n) is 0.500. The zero-order chi connectivity index (χ0) is 3.58. The molecule has 0 aliphatic rings. The minimum absolute atomic E-state index is 4.11. The molecule has 0 amide bonds. The minimum atomic E-state index is -4.11. The number of hydrogen-bond acceptors (Lipinski definition) is 3. The molecule has 0 aromatic carbocycles. The third-order valence-electron chi connectivity index (χ3n) is 0. The van der Waals surface area contributed by atoms with Crippen molar-refractivity contribution in [2.75, 3.05) is 0 Å². The maximum atomic E-state index is 8.59. The van der Waals surface area contributed by atoms with E-state index in [1.54, 1.807) is 0 Å². The summed E-state index contributed by atoms with van der Waals surface area (Å²) in [6.45, 7) is 0. The summed E-state index contributed by atoms with van der Waals surface area (Å²) in [5.74, 6) is 0. The van der Waals surface area contributed by atoms with Crippen molar-refractivity contribution in [2.24, 2.45) is 0 Å². The van der Waals surface area contributed by atoms with Crippen molar-refractivity contribution in [3.05, 3.63) is 0 Å². The Morgan fingerprint density at radius 3 is 1.50 bits per heavy atom. The van der Waals surface area contributed by atoms with Crippen LogP contribution in [0.1, 0.15) is 0 Å². The average molecular weight is 144 g/mol. The zero-order valence-corrected chi connectivity index (χ0v) is 3.64. The number of rotatable bonds is 0. The van der Waals surface area contributed by atoms with Gasteiger partial charge in [0, 0.05) is 0 Å². The van der Waals surface area contributed by atoms with Crippen LogP contribution in [-0.2, 0) is 21.4 Å². The molecule has 4 heavy (non-hydrogen) atoms. The van der Waals surface area contributed by atoms with Crippen LogP contribution in [0, 0.1) is 0 Å². The summed E-state index contributed by atoms with van der Waals surface area (Å²) in [7, 11) is 0. The van der Waals surface area contributed by atoms with E-state index in [2.05, 4.69) is 0 Å². The Labute approximate surface area is 29.7 Å². The van der Waals surface area contributed by atoms with Gasteiger partial charge in [0.05, 0.1) is 0 Å². The summed E-state index contributed by atoms with van der Waals surface area (Å²) in [4.78, 5) is 0. The molecule has 0 aromatic heterocycles. The molecule has 0 rings (SSSR count). The van der Waals surface area contributed by atoms with Gasteiger partial charge in [-0.05, 0) is 0 Å². The Morgan fingerprint density at radius 2 is 1.50 bits per heavy atom. The van der Waals surface area contributed by atoms with Gasteiger partial charge in [0.1, 0.15) is 0 Å². The number of hydrogen-bond donors (Lipinski definition) is 0. The van der Waals surface area contributed by atoms with Crippen LogP contribution in [0.25, 0.3) is 0 Å². The van der Waals surface area contributed by atoms with Crippen molar-refractivity contribution in [1.82, 2.24) is 0 Å². The first kappa shape index (κ1) is 4.41. The van der Waals surface area contributed by atoms with Crippen molar-refractivity contribution >= 4 is 0 Å². The summed E-state index contributed by atoms with van der Waals surface area (Å²) in [5, 5.41) is 0. The fraction of sp³-hybridized carbons (Fsp3) is 0. The topological polar surface area (TPSA) is 63.2 Å². The van der Waals surface area contributed by atoms with E-state index in [4.69, 9.17) is 10.9 Å². The Hall–Kier alpha value is 0.408. The van der Waals surface area contributed by atoms with E-state index in [1.165, 1.54) is 0 Å². The molecule has 4 heteroatoms.